The molecule has 0 saturated carbocycles. The van der Waals surface area contributed by atoms with Gasteiger partial charge in [-0.2, -0.15) is 0 Å². The van der Waals surface area contributed by atoms with E-state index in [1.54, 1.807) is 0 Å². The minimum atomic E-state index is -0.642. The number of likely N-dealkylation sites (tertiary alicyclic amines) is 1. The first kappa shape index (κ1) is 11.5. The van der Waals surface area contributed by atoms with Crippen LogP contribution in [-0.2, 0) is 4.79 Å². The van der Waals surface area contributed by atoms with Gasteiger partial charge in [0.1, 0.15) is 6.04 Å². The summed E-state index contributed by atoms with van der Waals surface area (Å²) < 4.78 is 0. The van der Waals surface area contributed by atoms with Gasteiger partial charge < -0.3 is 5.11 Å². The fourth-order valence-electron chi connectivity index (χ4n) is 2.41. The second-order valence-electron chi connectivity index (χ2n) is 4.06. The van der Waals surface area contributed by atoms with E-state index in [4.69, 9.17) is 5.11 Å². The second kappa shape index (κ2) is 5.35. The first-order valence-corrected chi connectivity index (χ1v) is 5.69. The Balaban J connectivity index is 2.65. The number of rotatable bonds is 4. The summed E-state index contributed by atoms with van der Waals surface area (Å²) in [4.78, 5) is 13.2. The van der Waals surface area contributed by atoms with Crippen LogP contribution in [0, 0.1) is 0 Å². The van der Waals surface area contributed by atoms with Crippen LogP contribution in [0.15, 0.2) is 0 Å². The van der Waals surface area contributed by atoms with Gasteiger partial charge in [-0.15, -0.1) is 0 Å². The topological polar surface area (TPSA) is 40.5 Å². The zero-order valence-electron chi connectivity index (χ0n) is 9.20. The van der Waals surface area contributed by atoms with Crippen LogP contribution in [0.2, 0.25) is 0 Å². The lowest BCUT2D eigenvalue weighted by Crippen LogP contribution is -2.49. The van der Waals surface area contributed by atoms with Crippen molar-refractivity contribution in [3.05, 3.63) is 0 Å². The molecule has 1 fully saturated rings. The van der Waals surface area contributed by atoms with Gasteiger partial charge in [-0.25, -0.2) is 0 Å². The number of hydrogen-bond donors (Lipinski definition) is 1. The van der Waals surface area contributed by atoms with Gasteiger partial charge in [-0.3, -0.25) is 9.69 Å². The van der Waals surface area contributed by atoms with E-state index in [9.17, 15) is 4.79 Å². The highest BCUT2D eigenvalue weighted by Gasteiger charge is 2.31. The summed E-state index contributed by atoms with van der Waals surface area (Å²) in [6.45, 7) is 5.24. The summed E-state index contributed by atoms with van der Waals surface area (Å²) in [7, 11) is 0. The number of piperidine rings is 1. The quantitative estimate of drug-likeness (QED) is 0.754. The van der Waals surface area contributed by atoms with E-state index in [1.165, 1.54) is 0 Å². The summed E-state index contributed by atoms with van der Waals surface area (Å²) in [5.74, 6) is -0.642. The Hall–Kier alpha value is -0.570. The van der Waals surface area contributed by atoms with E-state index < -0.39 is 5.97 Å². The summed E-state index contributed by atoms with van der Waals surface area (Å²) in [6, 6.07) is 0.227. The Morgan fingerprint density at radius 1 is 1.43 bits per heavy atom. The average Bonchev–Trinajstić information content (AvgIpc) is 2.20. The van der Waals surface area contributed by atoms with Crippen molar-refractivity contribution in [3.63, 3.8) is 0 Å². The molecule has 0 bridgehead atoms. The largest absolute Gasteiger partial charge is 0.480 e. The van der Waals surface area contributed by atoms with Gasteiger partial charge in [0.25, 0.3) is 0 Å². The number of nitrogens with zero attached hydrogens (tertiary/aromatic N) is 1. The second-order valence-corrected chi connectivity index (χ2v) is 4.06. The molecule has 0 aliphatic carbocycles. The van der Waals surface area contributed by atoms with Crippen LogP contribution < -0.4 is 0 Å². The molecular formula is C11H21NO2. The van der Waals surface area contributed by atoms with Gasteiger partial charge in [-0.1, -0.05) is 20.3 Å². The lowest BCUT2D eigenvalue weighted by Gasteiger charge is -2.38. The molecule has 0 spiro atoms. The first-order chi connectivity index (χ1) is 6.70. The maximum atomic E-state index is 11.1. The highest BCUT2D eigenvalue weighted by Crippen LogP contribution is 2.22. The lowest BCUT2D eigenvalue weighted by atomic mass is 9.98. The number of aliphatic carboxylic acids is 1. The monoisotopic (exact) mass is 199 g/mol. The number of hydrogen-bond acceptors (Lipinski definition) is 2. The van der Waals surface area contributed by atoms with Crippen LogP contribution in [0.4, 0.5) is 0 Å². The Morgan fingerprint density at radius 2 is 2.07 bits per heavy atom. The Labute approximate surface area is 86.1 Å². The minimum Gasteiger partial charge on any atom is -0.480 e. The molecule has 1 heterocycles. The third kappa shape index (κ3) is 2.47. The van der Waals surface area contributed by atoms with Crippen molar-refractivity contribution in [2.75, 3.05) is 6.54 Å². The van der Waals surface area contributed by atoms with Crippen LogP contribution in [-0.4, -0.2) is 34.6 Å². The molecular weight excluding hydrogens is 178 g/mol. The minimum absolute atomic E-state index is 0.228. The number of carbonyl (C=O) groups is 1. The van der Waals surface area contributed by atoms with Crippen molar-refractivity contribution in [1.82, 2.24) is 4.90 Å². The standard InChI is InChI=1S/C11H21NO2/c1-3-9(4-2)12-8-6-5-7-10(12)11(13)14/h9-10H,3-8H2,1-2H3,(H,13,14). The highest BCUT2D eigenvalue weighted by atomic mass is 16.4. The maximum absolute atomic E-state index is 11.1. The van der Waals surface area contributed by atoms with Crippen molar-refractivity contribution >= 4 is 5.97 Å². The van der Waals surface area contributed by atoms with E-state index >= 15 is 0 Å². The Bertz CT molecular complexity index is 190. The lowest BCUT2D eigenvalue weighted by molar-refractivity contribution is -0.145. The van der Waals surface area contributed by atoms with E-state index in [0.717, 1.165) is 38.6 Å². The molecule has 0 radical (unpaired) electrons. The molecule has 3 heteroatoms. The fraction of sp³-hybridized carbons (Fsp3) is 0.909. The van der Waals surface area contributed by atoms with Crippen molar-refractivity contribution in [2.45, 2.75) is 58.0 Å². The molecule has 14 heavy (non-hydrogen) atoms. The Kier molecular flexibility index (Phi) is 4.39. The molecule has 1 aliphatic heterocycles. The molecule has 3 nitrogen and oxygen atoms in total. The highest BCUT2D eigenvalue weighted by molar-refractivity contribution is 5.73. The summed E-state index contributed by atoms with van der Waals surface area (Å²) in [5, 5.41) is 9.11. The van der Waals surface area contributed by atoms with Crippen LogP contribution in [0.3, 0.4) is 0 Å². The normalized spacial score (nSPS) is 24.1. The number of carboxylic acids is 1. The van der Waals surface area contributed by atoms with Crippen molar-refractivity contribution < 1.29 is 9.90 Å². The zero-order valence-corrected chi connectivity index (χ0v) is 9.20. The molecule has 0 amide bonds. The van der Waals surface area contributed by atoms with Gasteiger partial charge in [0.2, 0.25) is 0 Å². The number of carboxylic acid groups (broad SMARTS) is 1. The van der Waals surface area contributed by atoms with Crippen LogP contribution >= 0.6 is 0 Å². The third-order valence-corrected chi connectivity index (χ3v) is 3.24. The van der Waals surface area contributed by atoms with Crippen LogP contribution in [0.1, 0.15) is 46.0 Å². The van der Waals surface area contributed by atoms with Crippen molar-refractivity contribution in [3.8, 4) is 0 Å². The van der Waals surface area contributed by atoms with Gasteiger partial charge in [0, 0.05) is 6.04 Å². The van der Waals surface area contributed by atoms with Crippen LogP contribution in [0.25, 0.3) is 0 Å². The third-order valence-electron chi connectivity index (χ3n) is 3.24. The maximum Gasteiger partial charge on any atom is 0.320 e. The van der Waals surface area contributed by atoms with Gasteiger partial charge in [0.15, 0.2) is 0 Å². The molecule has 82 valence electrons. The van der Waals surface area contributed by atoms with Gasteiger partial charge >= 0.3 is 5.97 Å². The zero-order chi connectivity index (χ0) is 10.6. The van der Waals surface area contributed by atoms with E-state index in [1.807, 2.05) is 0 Å². The van der Waals surface area contributed by atoms with Crippen LogP contribution in [0.5, 0.6) is 0 Å². The van der Waals surface area contributed by atoms with E-state index in [-0.39, 0.29) is 6.04 Å². The fourth-order valence-corrected chi connectivity index (χ4v) is 2.41. The Morgan fingerprint density at radius 3 is 2.57 bits per heavy atom. The SMILES string of the molecule is CCC(CC)N1CCCCC1C(=O)O. The smallest absolute Gasteiger partial charge is 0.320 e. The molecule has 1 rings (SSSR count). The predicted octanol–water partition coefficient (Wildman–Crippen LogP) is 2.11. The average molecular weight is 199 g/mol. The van der Waals surface area contributed by atoms with Gasteiger partial charge in [0.05, 0.1) is 0 Å². The van der Waals surface area contributed by atoms with Gasteiger partial charge in [-0.05, 0) is 32.2 Å². The predicted molar refractivity (Wildman–Crippen MR) is 56.4 cm³/mol. The molecule has 0 aromatic rings. The van der Waals surface area contributed by atoms with Crippen molar-refractivity contribution in [1.29, 1.82) is 0 Å². The molecule has 1 N–H and O–H groups in total. The molecule has 0 aromatic heterocycles. The first-order valence-electron chi connectivity index (χ1n) is 5.69. The molecule has 1 unspecified atom stereocenters. The summed E-state index contributed by atoms with van der Waals surface area (Å²) in [6.07, 6.45) is 5.15. The molecule has 1 aliphatic rings. The van der Waals surface area contributed by atoms with E-state index in [2.05, 4.69) is 18.7 Å². The molecule has 1 atom stereocenters. The summed E-state index contributed by atoms with van der Waals surface area (Å²) >= 11 is 0. The summed E-state index contributed by atoms with van der Waals surface area (Å²) in [5.41, 5.74) is 0. The molecule has 1 saturated heterocycles. The molecule has 0 aromatic carbocycles. The van der Waals surface area contributed by atoms with E-state index in [0.29, 0.717) is 6.04 Å². The van der Waals surface area contributed by atoms with Crippen molar-refractivity contribution in [2.24, 2.45) is 0 Å².